The second-order valence-electron chi connectivity index (χ2n) is 4.59. The highest BCUT2D eigenvalue weighted by Gasteiger charge is 2.27. The summed E-state index contributed by atoms with van der Waals surface area (Å²) < 4.78 is 0. The first-order valence-electron chi connectivity index (χ1n) is 5.85. The summed E-state index contributed by atoms with van der Waals surface area (Å²) in [7, 11) is 1.99. The SMILES string of the molecule is Cc1cc(Cl)ccc1NC(=O)C1CCCN1C. The molecule has 0 bridgehead atoms. The summed E-state index contributed by atoms with van der Waals surface area (Å²) in [5, 5.41) is 3.66. The van der Waals surface area contributed by atoms with E-state index in [1.807, 2.05) is 26.1 Å². The van der Waals surface area contributed by atoms with Crippen molar-refractivity contribution in [2.24, 2.45) is 0 Å². The lowest BCUT2D eigenvalue weighted by Crippen LogP contribution is -2.37. The summed E-state index contributed by atoms with van der Waals surface area (Å²) in [5.41, 5.74) is 1.84. The number of amides is 1. The minimum Gasteiger partial charge on any atom is -0.324 e. The number of nitrogens with one attached hydrogen (secondary N) is 1. The van der Waals surface area contributed by atoms with E-state index in [4.69, 9.17) is 11.6 Å². The van der Waals surface area contributed by atoms with E-state index in [1.165, 1.54) is 0 Å². The molecule has 1 N–H and O–H groups in total. The van der Waals surface area contributed by atoms with Crippen LogP contribution in [-0.2, 0) is 4.79 Å². The lowest BCUT2D eigenvalue weighted by atomic mass is 10.1. The average Bonchev–Trinajstić information content (AvgIpc) is 2.68. The Labute approximate surface area is 107 Å². The molecule has 0 radical (unpaired) electrons. The molecule has 1 amide bonds. The van der Waals surface area contributed by atoms with Crippen molar-refractivity contribution in [1.29, 1.82) is 0 Å². The minimum absolute atomic E-state index is 0.00470. The van der Waals surface area contributed by atoms with Crippen LogP contribution in [0.4, 0.5) is 5.69 Å². The topological polar surface area (TPSA) is 32.3 Å². The van der Waals surface area contributed by atoms with Gasteiger partial charge in [-0.15, -0.1) is 0 Å². The molecule has 92 valence electrons. The zero-order valence-corrected chi connectivity index (χ0v) is 10.9. The van der Waals surface area contributed by atoms with Crippen LogP contribution >= 0.6 is 11.6 Å². The van der Waals surface area contributed by atoms with Crippen LogP contribution < -0.4 is 5.32 Å². The molecule has 1 saturated heterocycles. The molecule has 0 saturated carbocycles. The fourth-order valence-corrected chi connectivity index (χ4v) is 2.45. The number of benzene rings is 1. The van der Waals surface area contributed by atoms with Crippen LogP contribution in [0.5, 0.6) is 0 Å². The number of likely N-dealkylation sites (N-methyl/N-ethyl adjacent to an activating group) is 1. The third-order valence-electron chi connectivity index (χ3n) is 3.27. The molecule has 1 heterocycles. The van der Waals surface area contributed by atoms with Gasteiger partial charge in [0.25, 0.3) is 0 Å². The van der Waals surface area contributed by atoms with Gasteiger partial charge in [-0.3, -0.25) is 9.69 Å². The Morgan fingerprint density at radius 3 is 2.88 bits per heavy atom. The highest BCUT2D eigenvalue weighted by Crippen LogP contribution is 2.22. The predicted molar refractivity (Wildman–Crippen MR) is 70.5 cm³/mol. The predicted octanol–water partition coefficient (Wildman–Crippen LogP) is 2.68. The first-order chi connectivity index (χ1) is 8.08. The first-order valence-corrected chi connectivity index (χ1v) is 6.23. The van der Waals surface area contributed by atoms with Gasteiger partial charge in [0, 0.05) is 10.7 Å². The van der Waals surface area contributed by atoms with Crippen molar-refractivity contribution in [3.05, 3.63) is 28.8 Å². The summed E-state index contributed by atoms with van der Waals surface area (Å²) >= 11 is 5.88. The Morgan fingerprint density at radius 2 is 2.29 bits per heavy atom. The molecule has 1 unspecified atom stereocenters. The van der Waals surface area contributed by atoms with Crippen LogP contribution in [0.25, 0.3) is 0 Å². The third-order valence-corrected chi connectivity index (χ3v) is 3.50. The normalized spacial score (nSPS) is 20.5. The molecule has 3 nitrogen and oxygen atoms in total. The molecule has 1 aliphatic rings. The van der Waals surface area contributed by atoms with E-state index >= 15 is 0 Å². The molecular formula is C13H17ClN2O. The zero-order valence-electron chi connectivity index (χ0n) is 10.2. The van der Waals surface area contributed by atoms with Crippen molar-refractivity contribution in [2.45, 2.75) is 25.8 Å². The molecule has 17 heavy (non-hydrogen) atoms. The molecule has 2 rings (SSSR count). The van der Waals surface area contributed by atoms with E-state index < -0.39 is 0 Å². The number of anilines is 1. The minimum atomic E-state index is 0.00470. The second kappa shape index (κ2) is 5.07. The fraction of sp³-hybridized carbons (Fsp3) is 0.462. The van der Waals surface area contributed by atoms with Gasteiger partial charge in [0.05, 0.1) is 6.04 Å². The van der Waals surface area contributed by atoms with Crippen LogP contribution in [0.1, 0.15) is 18.4 Å². The molecule has 1 atom stereocenters. The maximum Gasteiger partial charge on any atom is 0.241 e. The molecule has 0 aromatic heterocycles. The number of hydrogen-bond acceptors (Lipinski definition) is 2. The molecule has 1 aromatic rings. The van der Waals surface area contributed by atoms with Crippen molar-refractivity contribution in [3.63, 3.8) is 0 Å². The van der Waals surface area contributed by atoms with E-state index in [0.717, 1.165) is 30.6 Å². The van der Waals surface area contributed by atoms with Crippen molar-refractivity contribution in [3.8, 4) is 0 Å². The molecule has 1 aliphatic heterocycles. The first kappa shape index (κ1) is 12.4. The van der Waals surface area contributed by atoms with E-state index in [2.05, 4.69) is 10.2 Å². The number of carbonyl (C=O) groups excluding carboxylic acids is 1. The summed E-state index contributed by atoms with van der Waals surface area (Å²) in [6.07, 6.45) is 2.03. The summed E-state index contributed by atoms with van der Waals surface area (Å²) in [6.45, 7) is 2.94. The summed E-state index contributed by atoms with van der Waals surface area (Å²) in [6, 6.07) is 5.51. The molecule has 1 fully saturated rings. The van der Waals surface area contributed by atoms with Gasteiger partial charge in [-0.05, 0) is 57.1 Å². The molecule has 0 aliphatic carbocycles. The van der Waals surface area contributed by atoms with E-state index in [1.54, 1.807) is 6.07 Å². The molecule has 0 spiro atoms. The van der Waals surface area contributed by atoms with Crippen molar-refractivity contribution in [1.82, 2.24) is 4.90 Å². The summed E-state index contributed by atoms with van der Waals surface area (Å²) in [4.78, 5) is 14.2. The number of carbonyl (C=O) groups is 1. The Hall–Kier alpha value is -1.06. The average molecular weight is 253 g/mol. The zero-order chi connectivity index (χ0) is 12.4. The van der Waals surface area contributed by atoms with Gasteiger partial charge in [-0.25, -0.2) is 0 Å². The van der Waals surface area contributed by atoms with Gasteiger partial charge in [-0.2, -0.15) is 0 Å². The number of nitrogens with zero attached hydrogens (tertiary/aromatic N) is 1. The molecule has 1 aromatic carbocycles. The highest BCUT2D eigenvalue weighted by atomic mass is 35.5. The van der Waals surface area contributed by atoms with Gasteiger partial charge in [0.2, 0.25) is 5.91 Å². The maximum absolute atomic E-state index is 12.1. The second-order valence-corrected chi connectivity index (χ2v) is 5.02. The summed E-state index contributed by atoms with van der Waals surface area (Å²) in [5.74, 6) is 0.0791. The van der Waals surface area contributed by atoms with Crippen molar-refractivity contribution < 1.29 is 4.79 Å². The smallest absolute Gasteiger partial charge is 0.241 e. The van der Waals surface area contributed by atoms with Crippen LogP contribution in [0, 0.1) is 6.92 Å². The fourth-order valence-electron chi connectivity index (χ4n) is 2.22. The third kappa shape index (κ3) is 2.79. The van der Waals surface area contributed by atoms with Crippen molar-refractivity contribution in [2.75, 3.05) is 18.9 Å². The van der Waals surface area contributed by atoms with Gasteiger partial charge >= 0.3 is 0 Å². The number of rotatable bonds is 2. The van der Waals surface area contributed by atoms with Gasteiger partial charge in [0.15, 0.2) is 0 Å². The van der Waals surface area contributed by atoms with Gasteiger partial charge in [-0.1, -0.05) is 11.6 Å². The van der Waals surface area contributed by atoms with E-state index in [9.17, 15) is 4.79 Å². The van der Waals surface area contributed by atoms with Gasteiger partial charge < -0.3 is 5.32 Å². The standard InChI is InChI=1S/C13H17ClN2O/c1-9-8-10(14)5-6-11(9)15-13(17)12-4-3-7-16(12)2/h5-6,8,12H,3-4,7H2,1-2H3,(H,15,17). The van der Waals surface area contributed by atoms with Crippen LogP contribution in [0.3, 0.4) is 0 Å². The number of likely N-dealkylation sites (tertiary alicyclic amines) is 1. The Bertz CT molecular complexity index is 433. The lowest BCUT2D eigenvalue weighted by Gasteiger charge is -2.19. The molecule has 4 heteroatoms. The monoisotopic (exact) mass is 252 g/mol. The van der Waals surface area contributed by atoms with Crippen LogP contribution in [-0.4, -0.2) is 30.4 Å². The van der Waals surface area contributed by atoms with Crippen LogP contribution in [0.15, 0.2) is 18.2 Å². The van der Waals surface area contributed by atoms with Crippen molar-refractivity contribution >= 4 is 23.2 Å². The maximum atomic E-state index is 12.1. The molecular weight excluding hydrogens is 236 g/mol. The number of halogens is 1. The van der Waals surface area contributed by atoms with E-state index in [-0.39, 0.29) is 11.9 Å². The Morgan fingerprint density at radius 1 is 1.53 bits per heavy atom. The Balaban J connectivity index is 2.07. The quantitative estimate of drug-likeness (QED) is 0.878. The van der Waals surface area contributed by atoms with Gasteiger partial charge in [0.1, 0.15) is 0 Å². The number of aryl methyl sites for hydroxylation is 1. The lowest BCUT2D eigenvalue weighted by molar-refractivity contribution is -0.119. The largest absolute Gasteiger partial charge is 0.324 e. The Kier molecular flexibility index (Phi) is 3.69. The highest BCUT2D eigenvalue weighted by molar-refractivity contribution is 6.30. The van der Waals surface area contributed by atoms with Crippen LogP contribution in [0.2, 0.25) is 5.02 Å². The van der Waals surface area contributed by atoms with E-state index in [0.29, 0.717) is 5.02 Å². The number of hydrogen-bond donors (Lipinski definition) is 1.